The third-order valence-corrected chi connectivity index (χ3v) is 4.49. The molecule has 23 heavy (non-hydrogen) atoms. The van der Waals surface area contributed by atoms with E-state index in [2.05, 4.69) is 23.5 Å². The van der Waals surface area contributed by atoms with Crippen LogP contribution in [0, 0.1) is 6.92 Å². The normalized spacial score (nSPS) is 16.5. The molecule has 0 heterocycles. The van der Waals surface area contributed by atoms with Crippen molar-refractivity contribution < 1.29 is 9.53 Å². The lowest BCUT2D eigenvalue weighted by Gasteiger charge is -2.26. The molecule has 1 atom stereocenters. The molecule has 1 aliphatic carbocycles. The number of fused-ring (bicyclic) bond motifs is 1. The van der Waals surface area contributed by atoms with Crippen LogP contribution in [0.2, 0.25) is 0 Å². The Hall–Kier alpha value is -2.29. The zero-order valence-corrected chi connectivity index (χ0v) is 13.8. The van der Waals surface area contributed by atoms with Crippen molar-refractivity contribution >= 4 is 5.91 Å². The first-order valence-corrected chi connectivity index (χ1v) is 8.18. The summed E-state index contributed by atoms with van der Waals surface area (Å²) in [5.74, 6) is 0.824. The number of hydrogen-bond acceptors (Lipinski definition) is 2. The predicted molar refractivity (Wildman–Crippen MR) is 91.7 cm³/mol. The van der Waals surface area contributed by atoms with Gasteiger partial charge in [-0.15, -0.1) is 0 Å². The molecule has 1 N–H and O–H groups in total. The van der Waals surface area contributed by atoms with Crippen LogP contribution in [0.5, 0.6) is 5.75 Å². The van der Waals surface area contributed by atoms with Gasteiger partial charge in [0.1, 0.15) is 5.75 Å². The van der Waals surface area contributed by atoms with Gasteiger partial charge in [0.15, 0.2) is 0 Å². The molecule has 0 bridgehead atoms. The van der Waals surface area contributed by atoms with Crippen LogP contribution in [0.4, 0.5) is 0 Å². The topological polar surface area (TPSA) is 38.3 Å². The zero-order chi connectivity index (χ0) is 16.2. The molecule has 1 aliphatic rings. The van der Waals surface area contributed by atoms with Crippen LogP contribution in [-0.4, -0.2) is 13.0 Å². The number of benzene rings is 2. The molecule has 0 saturated carbocycles. The standard InChI is InChI=1S/C20H23NO2/c1-14-10-11-19(23-2)16(12-14)13-20(22)21-18-9-5-7-15-6-3-4-8-17(15)18/h3-4,6,8,10-12,18H,5,7,9,13H2,1-2H3,(H,21,22)/t18-/m1/s1. The molecule has 3 heteroatoms. The van der Waals surface area contributed by atoms with Crippen molar-refractivity contribution in [2.24, 2.45) is 0 Å². The fourth-order valence-electron chi connectivity index (χ4n) is 3.37. The average Bonchev–Trinajstić information content (AvgIpc) is 2.55. The third kappa shape index (κ3) is 3.55. The van der Waals surface area contributed by atoms with Crippen molar-refractivity contribution in [1.82, 2.24) is 5.32 Å². The van der Waals surface area contributed by atoms with E-state index in [1.165, 1.54) is 11.1 Å². The Labute approximate surface area is 137 Å². The molecule has 3 nitrogen and oxygen atoms in total. The number of amides is 1. The van der Waals surface area contributed by atoms with E-state index in [4.69, 9.17) is 4.74 Å². The fraction of sp³-hybridized carbons (Fsp3) is 0.350. The van der Waals surface area contributed by atoms with E-state index in [0.717, 1.165) is 36.1 Å². The number of carbonyl (C=O) groups excluding carboxylic acids is 1. The van der Waals surface area contributed by atoms with E-state index < -0.39 is 0 Å². The zero-order valence-electron chi connectivity index (χ0n) is 13.8. The summed E-state index contributed by atoms with van der Waals surface area (Å²) in [4.78, 5) is 12.5. The van der Waals surface area contributed by atoms with Gasteiger partial charge in [0.2, 0.25) is 5.91 Å². The largest absolute Gasteiger partial charge is 0.496 e. The van der Waals surface area contributed by atoms with Gasteiger partial charge < -0.3 is 10.1 Å². The van der Waals surface area contributed by atoms with Crippen molar-refractivity contribution in [1.29, 1.82) is 0 Å². The smallest absolute Gasteiger partial charge is 0.225 e. The maximum absolute atomic E-state index is 12.5. The van der Waals surface area contributed by atoms with Gasteiger partial charge in [-0.2, -0.15) is 0 Å². The lowest BCUT2D eigenvalue weighted by molar-refractivity contribution is -0.121. The van der Waals surface area contributed by atoms with E-state index in [1.807, 2.05) is 31.2 Å². The van der Waals surface area contributed by atoms with Crippen LogP contribution in [0.3, 0.4) is 0 Å². The van der Waals surface area contributed by atoms with Gasteiger partial charge in [0.25, 0.3) is 0 Å². The summed E-state index contributed by atoms with van der Waals surface area (Å²) in [6.45, 7) is 2.03. The van der Waals surface area contributed by atoms with E-state index in [9.17, 15) is 4.79 Å². The van der Waals surface area contributed by atoms with Crippen LogP contribution < -0.4 is 10.1 Å². The molecular formula is C20H23NO2. The molecule has 120 valence electrons. The minimum Gasteiger partial charge on any atom is -0.496 e. The summed E-state index contributed by atoms with van der Waals surface area (Å²) in [7, 11) is 1.64. The quantitative estimate of drug-likeness (QED) is 0.934. The molecule has 0 radical (unpaired) electrons. The highest BCUT2D eigenvalue weighted by Crippen LogP contribution is 2.29. The molecule has 1 amide bonds. The van der Waals surface area contributed by atoms with Gasteiger partial charge in [-0.3, -0.25) is 4.79 Å². The maximum Gasteiger partial charge on any atom is 0.225 e. The first-order valence-electron chi connectivity index (χ1n) is 8.18. The Bertz CT molecular complexity index is 709. The highest BCUT2D eigenvalue weighted by molar-refractivity contribution is 5.80. The van der Waals surface area contributed by atoms with E-state index >= 15 is 0 Å². The Morgan fingerprint density at radius 2 is 2.09 bits per heavy atom. The SMILES string of the molecule is COc1ccc(C)cc1CC(=O)N[C@@H]1CCCc2ccccc21. The molecule has 2 aromatic carbocycles. The van der Waals surface area contributed by atoms with E-state index in [-0.39, 0.29) is 11.9 Å². The van der Waals surface area contributed by atoms with Gasteiger partial charge in [-0.1, -0.05) is 42.0 Å². The first-order chi connectivity index (χ1) is 11.2. The average molecular weight is 309 g/mol. The number of aryl methyl sites for hydroxylation is 2. The number of ether oxygens (including phenoxy) is 1. The molecule has 3 rings (SSSR count). The van der Waals surface area contributed by atoms with Gasteiger partial charge >= 0.3 is 0 Å². The van der Waals surface area contributed by atoms with Crippen LogP contribution >= 0.6 is 0 Å². The maximum atomic E-state index is 12.5. The minimum absolute atomic E-state index is 0.0515. The molecule has 0 aliphatic heterocycles. The fourth-order valence-corrected chi connectivity index (χ4v) is 3.37. The minimum atomic E-state index is 0.0515. The molecule has 2 aromatic rings. The number of hydrogen-bond donors (Lipinski definition) is 1. The molecule has 0 fully saturated rings. The summed E-state index contributed by atoms with van der Waals surface area (Å²) in [5, 5.41) is 3.20. The van der Waals surface area contributed by atoms with E-state index in [1.54, 1.807) is 7.11 Å². The summed E-state index contributed by atoms with van der Waals surface area (Å²) >= 11 is 0. The van der Waals surface area contributed by atoms with E-state index in [0.29, 0.717) is 6.42 Å². The van der Waals surface area contributed by atoms with Crippen molar-refractivity contribution in [2.45, 2.75) is 38.6 Å². The third-order valence-electron chi connectivity index (χ3n) is 4.49. The number of nitrogens with one attached hydrogen (secondary N) is 1. The van der Waals surface area contributed by atoms with Crippen LogP contribution in [0.1, 0.15) is 41.1 Å². The summed E-state index contributed by atoms with van der Waals surface area (Å²) in [6, 6.07) is 14.5. The lowest BCUT2D eigenvalue weighted by atomic mass is 9.87. The highest BCUT2D eigenvalue weighted by Gasteiger charge is 2.21. The Balaban J connectivity index is 1.73. The van der Waals surface area contributed by atoms with Crippen LogP contribution in [0.15, 0.2) is 42.5 Å². The number of rotatable bonds is 4. The molecule has 0 unspecified atom stereocenters. The Morgan fingerprint density at radius 3 is 2.91 bits per heavy atom. The monoisotopic (exact) mass is 309 g/mol. The second-order valence-electron chi connectivity index (χ2n) is 6.20. The Morgan fingerprint density at radius 1 is 1.26 bits per heavy atom. The summed E-state index contributed by atoms with van der Waals surface area (Å²) in [6.07, 6.45) is 3.58. The summed E-state index contributed by atoms with van der Waals surface area (Å²) in [5.41, 5.74) is 4.70. The second kappa shape index (κ2) is 6.86. The van der Waals surface area contributed by atoms with Gasteiger partial charge in [0.05, 0.1) is 19.6 Å². The summed E-state index contributed by atoms with van der Waals surface area (Å²) < 4.78 is 5.37. The predicted octanol–water partition coefficient (Wildman–Crippen LogP) is 3.74. The van der Waals surface area contributed by atoms with Crippen LogP contribution in [-0.2, 0) is 17.6 Å². The van der Waals surface area contributed by atoms with Gasteiger partial charge in [-0.05, 0) is 43.4 Å². The van der Waals surface area contributed by atoms with Crippen molar-refractivity contribution in [3.05, 3.63) is 64.7 Å². The van der Waals surface area contributed by atoms with Crippen molar-refractivity contribution in [3.63, 3.8) is 0 Å². The molecule has 0 spiro atoms. The molecule has 0 saturated heterocycles. The number of carbonyl (C=O) groups is 1. The molecular weight excluding hydrogens is 286 g/mol. The number of methoxy groups -OCH3 is 1. The van der Waals surface area contributed by atoms with Gasteiger partial charge in [0, 0.05) is 5.56 Å². The Kier molecular flexibility index (Phi) is 4.65. The first kappa shape index (κ1) is 15.6. The molecule has 0 aromatic heterocycles. The van der Waals surface area contributed by atoms with Crippen LogP contribution in [0.25, 0.3) is 0 Å². The van der Waals surface area contributed by atoms with Crippen molar-refractivity contribution in [2.75, 3.05) is 7.11 Å². The van der Waals surface area contributed by atoms with Gasteiger partial charge in [-0.25, -0.2) is 0 Å². The second-order valence-corrected chi connectivity index (χ2v) is 6.20. The van der Waals surface area contributed by atoms with Crippen molar-refractivity contribution in [3.8, 4) is 5.75 Å². The lowest BCUT2D eigenvalue weighted by Crippen LogP contribution is -2.32. The highest BCUT2D eigenvalue weighted by atomic mass is 16.5.